The molecule has 1 heterocycles. The van der Waals surface area contributed by atoms with Crippen LogP contribution in [0.5, 0.6) is 0 Å². The van der Waals surface area contributed by atoms with Crippen molar-refractivity contribution in [2.75, 3.05) is 6.61 Å². The summed E-state index contributed by atoms with van der Waals surface area (Å²) in [6.45, 7) is -0.896. The van der Waals surface area contributed by atoms with Crippen molar-refractivity contribution in [3.8, 4) is 0 Å². The summed E-state index contributed by atoms with van der Waals surface area (Å²) < 4.78 is 63.7. The molecule has 0 bridgehead atoms. The molecule has 0 aliphatic rings. The average Bonchev–Trinajstić information content (AvgIpc) is 2.16. The summed E-state index contributed by atoms with van der Waals surface area (Å²) in [5.41, 5.74) is -2.64. The molecule has 0 aliphatic carbocycles. The zero-order valence-corrected chi connectivity index (χ0v) is 7.93. The van der Waals surface area contributed by atoms with Crippen LogP contribution in [0.2, 0.25) is 0 Å². The fourth-order valence-electron chi connectivity index (χ4n) is 1.21. The summed E-state index contributed by atoms with van der Waals surface area (Å²) in [7, 11) is 0. The summed E-state index contributed by atoms with van der Waals surface area (Å²) in [5.74, 6) is -3.72. The van der Waals surface area contributed by atoms with Gasteiger partial charge in [0, 0.05) is 31.0 Å². The molecule has 0 amide bonds. The van der Waals surface area contributed by atoms with Crippen LogP contribution in [0.4, 0.5) is 22.0 Å². The van der Waals surface area contributed by atoms with Gasteiger partial charge in [-0.3, -0.25) is 4.98 Å². The Morgan fingerprint density at radius 2 is 1.75 bits per heavy atom. The Morgan fingerprint density at radius 3 is 2.25 bits per heavy atom. The van der Waals surface area contributed by atoms with E-state index in [4.69, 9.17) is 5.11 Å². The number of pyridine rings is 1. The van der Waals surface area contributed by atoms with Gasteiger partial charge in [0.2, 0.25) is 0 Å². The van der Waals surface area contributed by atoms with E-state index in [-0.39, 0.29) is 0 Å². The van der Waals surface area contributed by atoms with Crippen molar-refractivity contribution in [3.63, 3.8) is 0 Å². The number of aliphatic hydroxyl groups is 1. The van der Waals surface area contributed by atoms with Gasteiger partial charge in [0.15, 0.2) is 0 Å². The smallest absolute Gasteiger partial charge is 0.396 e. The van der Waals surface area contributed by atoms with E-state index in [2.05, 4.69) is 4.98 Å². The van der Waals surface area contributed by atoms with Gasteiger partial charge >= 0.3 is 6.18 Å². The summed E-state index contributed by atoms with van der Waals surface area (Å²) in [6, 6.07) is 0.610. The zero-order chi connectivity index (χ0) is 12.4. The molecule has 16 heavy (non-hydrogen) atoms. The Morgan fingerprint density at radius 1 is 1.12 bits per heavy atom. The first-order valence-electron chi connectivity index (χ1n) is 4.29. The second kappa shape index (κ2) is 4.32. The summed E-state index contributed by atoms with van der Waals surface area (Å²) in [5, 5.41) is 8.38. The number of hydrogen-bond acceptors (Lipinski definition) is 2. The van der Waals surface area contributed by atoms with Crippen molar-refractivity contribution in [3.05, 3.63) is 29.6 Å². The fourth-order valence-corrected chi connectivity index (χ4v) is 1.21. The van der Waals surface area contributed by atoms with E-state index in [9.17, 15) is 22.0 Å². The van der Waals surface area contributed by atoms with Crippen molar-refractivity contribution in [1.29, 1.82) is 0 Å². The van der Waals surface area contributed by atoms with E-state index in [1.165, 1.54) is 0 Å². The van der Waals surface area contributed by atoms with Gasteiger partial charge in [0.25, 0.3) is 5.92 Å². The molecular weight excluding hydrogens is 233 g/mol. The van der Waals surface area contributed by atoms with Crippen LogP contribution in [-0.4, -0.2) is 16.7 Å². The van der Waals surface area contributed by atoms with Crippen molar-refractivity contribution in [2.24, 2.45) is 0 Å². The van der Waals surface area contributed by atoms with Crippen LogP contribution in [0.1, 0.15) is 17.5 Å². The normalized spacial score (nSPS) is 12.9. The summed E-state index contributed by atoms with van der Waals surface area (Å²) in [6.07, 6.45) is -4.74. The predicted molar refractivity (Wildman–Crippen MR) is 44.8 cm³/mol. The molecule has 0 radical (unpaired) electrons. The molecule has 1 N–H and O–H groups in total. The minimum Gasteiger partial charge on any atom is -0.396 e. The predicted octanol–water partition coefficient (Wildman–Crippen LogP) is 2.57. The molecule has 0 aromatic carbocycles. The number of alkyl halides is 5. The molecule has 1 rings (SSSR count). The SMILES string of the molecule is OCCC(F)(F)c1ccncc1C(F)(F)F. The molecule has 0 fully saturated rings. The van der Waals surface area contributed by atoms with Gasteiger partial charge in [0.1, 0.15) is 0 Å². The minimum absolute atomic E-state index is 0.348. The highest BCUT2D eigenvalue weighted by Gasteiger charge is 2.42. The number of nitrogens with zero attached hydrogens (tertiary/aromatic N) is 1. The van der Waals surface area contributed by atoms with Crippen LogP contribution in [0.15, 0.2) is 18.5 Å². The van der Waals surface area contributed by atoms with Crippen LogP contribution in [0.3, 0.4) is 0 Å². The quantitative estimate of drug-likeness (QED) is 0.825. The lowest BCUT2D eigenvalue weighted by Gasteiger charge is -2.19. The van der Waals surface area contributed by atoms with Crippen LogP contribution in [0, 0.1) is 0 Å². The molecule has 2 nitrogen and oxygen atoms in total. The topological polar surface area (TPSA) is 33.1 Å². The fraction of sp³-hybridized carbons (Fsp3) is 0.444. The van der Waals surface area contributed by atoms with E-state index in [1.807, 2.05) is 0 Å². The van der Waals surface area contributed by atoms with E-state index in [1.54, 1.807) is 0 Å². The highest BCUT2D eigenvalue weighted by atomic mass is 19.4. The lowest BCUT2D eigenvalue weighted by Crippen LogP contribution is -2.21. The Labute approximate surface area is 87.7 Å². The van der Waals surface area contributed by atoms with Crippen LogP contribution in [-0.2, 0) is 12.1 Å². The van der Waals surface area contributed by atoms with Crippen molar-refractivity contribution in [2.45, 2.75) is 18.5 Å². The Hall–Kier alpha value is -1.24. The lowest BCUT2D eigenvalue weighted by molar-refractivity contribution is -0.143. The molecular formula is C9H8F5NO. The molecule has 0 aliphatic heterocycles. The molecule has 0 unspecified atom stereocenters. The standard InChI is InChI=1S/C9H8F5NO/c10-8(11,2-4-16)6-1-3-15-5-7(6)9(12,13)14/h1,3,5,16H,2,4H2. The molecule has 90 valence electrons. The summed E-state index contributed by atoms with van der Waals surface area (Å²) in [4.78, 5) is 3.17. The maximum absolute atomic E-state index is 13.3. The Kier molecular flexibility index (Phi) is 3.47. The van der Waals surface area contributed by atoms with Gasteiger partial charge in [-0.1, -0.05) is 0 Å². The van der Waals surface area contributed by atoms with Gasteiger partial charge in [-0.25, -0.2) is 8.78 Å². The van der Waals surface area contributed by atoms with Gasteiger partial charge in [-0.15, -0.1) is 0 Å². The summed E-state index contributed by atoms with van der Waals surface area (Å²) >= 11 is 0. The second-order valence-corrected chi connectivity index (χ2v) is 3.10. The maximum Gasteiger partial charge on any atom is 0.418 e. The van der Waals surface area contributed by atoms with Gasteiger partial charge in [0.05, 0.1) is 5.56 Å². The van der Waals surface area contributed by atoms with Crippen LogP contribution < -0.4 is 0 Å². The monoisotopic (exact) mass is 241 g/mol. The third kappa shape index (κ3) is 2.66. The van der Waals surface area contributed by atoms with Gasteiger partial charge in [-0.2, -0.15) is 13.2 Å². The largest absolute Gasteiger partial charge is 0.418 e. The number of aliphatic hydroxyl groups excluding tert-OH is 1. The molecule has 0 spiro atoms. The average molecular weight is 241 g/mol. The third-order valence-corrected chi connectivity index (χ3v) is 1.95. The molecule has 7 heteroatoms. The first-order valence-corrected chi connectivity index (χ1v) is 4.29. The number of halogens is 5. The second-order valence-electron chi connectivity index (χ2n) is 3.10. The van der Waals surface area contributed by atoms with Crippen LogP contribution >= 0.6 is 0 Å². The first-order chi connectivity index (χ1) is 7.29. The molecule has 1 aromatic rings. The first kappa shape index (κ1) is 12.8. The van der Waals surface area contributed by atoms with Crippen molar-refractivity contribution in [1.82, 2.24) is 4.98 Å². The van der Waals surface area contributed by atoms with E-state index in [0.29, 0.717) is 12.3 Å². The number of hydrogen-bond donors (Lipinski definition) is 1. The van der Waals surface area contributed by atoms with Crippen molar-refractivity contribution < 1.29 is 27.1 Å². The van der Waals surface area contributed by atoms with E-state index in [0.717, 1.165) is 6.20 Å². The van der Waals surface area contributed by atoms with Gasteiger partial charge < -0.3 is 5.11 Å². The molecule has 1 aromatic heterocycles. The zero-order valence-electron chi connectivity index (χ0n) is 7.93. The minimum atomic E-state index is -4.89. The highest BCUT2D eigenvalue weighted by Crippen LogP contribution is 2.40. The maximum atomic E-state index is 13.3. The molecule has 0 saturated heterocycles. The molecule has 0 saturated carbocycles. The van der Waals surface area contributed by atoms with Crippen molar-refractivity contribution >= 4 is 0 Å². The van der Waals surface area contributed by atoms with E-state index < -0.39 is 36.3 Å². The lowest BCUT2D eigenvalue weighted by atomic mass is 10.0. The Balaban J connectivity index is 3.23. The Bertz CT molecular complexity index is 363. The third-order valence-electron chi connectivity index (χ3n) is 1.95. The van der Waals surface area contributed by atoms with E-state index >= 15 is 0 Å². The van der Waals surface area contributed by atoms with Gasteiger partial charge in [-0.05, 0) is 6.07 Å². The molecule has 0 atom stereocenters. The number of rotatable bonds is 3. The highest BCUT2D eigenvalue weighted by molar-refractivity contribution is 5.30. The number of aromatic nitrogens is 1. The van der Waals surface area contributed by atoms with Crippen LogP contribution in [0.25, 0.3) is 0 Å².